The lowest BCUT2D eigenvalue weighted by atomic mass is 10.1. The number of hydrogen-bond donors (Lipinski definition) is 2. The lowest BCUT2D eigenvalue weighted by Crippen LogP contribution is -2.32. The van der Waals surface area contributed by atoms with Gasteiger partial charge in [0.25, 0.3) is 5.91 Å². The van der Waals surface area contributed by atoms with Crippen LogP contribution in [0.5, 0.6) is 0 Å². The van der Waals surface area contributed by atoms with Gasteiger partial charge in [-0.05, 0) is 37.5 Å². The number of rotatable bonds is 8. The van der Waals surface area contributed by atoms with Crippen LogP contribution in [0.1, 0.15) is 28.8 Å². The predicted molar refractivity (Wildman–Crippen MR) is 89.6 cm³/mol. The van der Waals surface area contributed by atoms with Gasteiger partial charge in [0.05, 0.1) is 17.6 Å². The number of aryl methyl sites for hydroxylation is 1. The zero-order valence-corrected chi connectivity index (χ0v) is 14.8. The predicted octanol–water partition coefficient (Wildman–Crippen LogP) is 0.829. The Labute approximate surface area is 142 Å². The molecule has 2 N–H and O–H groups in total. The van der Waals surface area contributed by atoms with Crippen LogP contribution in [0.15, 0.2) is 23.1 Å². The van der Waals surface area contributed by atoms with Gasteiger partial charge in [-0.1, -0.05) is 6.07 Å². The average Bonchev–Trinajstić information content (AvgIpc) is 3.06. The first-order chi connectivity index (χ1) is 11.4. The first-order valence-electron chi connectivity index (χ1n) is 7.93. The van der Waals surface area contributed by atoms with Crippen LogP contribution in [-0.4, -0.2) is 53.8 Å². The molecule has 8 heteroatoms. The van der Waals surface area contributed by atoms with E-state index in [4.69, 9.17) is 9.47 Å². The Morgan fingerprint density at radius 3 is 2.88 bits per heavy atom. The topological polar surface area (TPSA) is 93.7 Å². The molecule has 1 fully saturated rings. The van der Waals surface area contributed by atoms with E-state index >= 15 is 0 Å². The van der Waals surface area contributed by atoms with Crippen LogP contribution in [0.25, 0.3) is 0 Å². The standard InChI is InChI=1S/C16H24N2O5S/c1-12-5-6-14(24(20,21)18-7-9-22-2)10-15(12)16(19)17-11-13-4-3-8-23-13/h5-6,10,13,18H,3-4,7-9,11H2,1-2H3,(H,17,19). The molecule has 0 radical (unpaired) electrons. The highest BCUT2D eigenvalue weighted by Crippen LogP contribution is 2.16. The molecule has 1 saturated heterocycles. The third-order valence-electron chi connectivity index (χ3n) is 3.88. The average molecular weight is 356 g/mol. The lowest BCUT2D eigenvalue weighted by Gasteiger charge is -2.13. The van der Waals surface area contributed by atoms with Gasteiger partial charge in [0, 0.05) is 32.4 Å². The number of benzene rings is 1. The highest BCUT2D eigenvalue weighted by molar-refractivity contribution is 7.89. The van der Waals surface area contributed by atoms with Gasteiger partial charge in [0.1, 0.15) is 0 Å². The summed E-state index contributed by atoms with van der Waals surface area (Å²) < 4.78 is 37.2. The zero-order chi connectivity index (χ0) is 17.6. The van der Waals surface area contributed by atoms with Crippen LogP contribution in [0.4, 0.5) is 0 Å². The van der Waals surface area contributed by atoms with Gasteiger partial charge in [-0.25, -0.2) is 13.1 Å². The molecule has 0 saturated carbocycles. The second kappa shape index (κ2) is 8.57. The highest BCUT2D eigenvalue weighted by Gasteiger charge is 2.20. The van der Waals surface area contributed by atoms with Crippen LogP contribution in [0.3, 0.4) is 0 Å². The number of nitrogens with one attached hydrogen (secondary N) is 2. The molecule has 1 heterocycles. The van der Waals surface area contributed by atoms with E-state index in [-0.39, 0.29) is 30.1 Å². The summed E-state index contributed by atoms with van der Waals surface area (Å²) >= 11 is 0. The maximum Gasteiger partial charge on any atom is 0.251 e. The van der Waals surface area contributed by atoms with E-state index in [9.17, 15) is 13.2 Å². The van der Waals surface area contributed by atoms with Crippen molar-refractivity contribution in [1.82, 2.24) is 10.0 Å². The molecule has 1 atom stereocenters. The minimum Gasteiger partial charge on any atom is -0.383 e. The summed E-state index contributed by atoms with van der Waals surface area (Å²) in [6.45, 7) is 3.38. The quantitative estimate of drug-likeness (QED) is 0.673. The van der Waals surface area contributed by atoms with E-state index in [0.717, 1.165) is 25.0 Å². The third-order valence-corrected chi connectivity index (χ3v) is 5.34. The van der Waals surface area contributed by atoms with Crippen LogP contribution in [0, 0.1) is 6.92 Å². The van der Waals surface area contributed by atoms with Gasteiger partial charge in [-0.3, -0.25) is 4.79 Å². The number of ether oxygens (including phenoxy) is 2. The molecule has 0 aliphatic carbocycles. The molecule has 1 aromatic carbocycles. The summed E-state index contributed by atoms with van der Waals surface area (Å²) in [5.41, 5.74) is 1.07. The molecular formula is C16H24N2O5S. The van der Waals surface area contributed by atoms with Gasteiger partial charge in [-0.2, -0.15) is 0 Å². The van der Waals surface area contributed by atoms with Crippen molar-refractivity contribution >= 4 is 15.9 Å². The van der Waals surface area contributed by atoms with Gasteiger partial charge in [0.2, 0.25) is 10.0 Å². The van der Waals surface area contributed by atoms with Gasteiger partial charge in [-0.15, -0.1) is 0 Å². The highest BCUT2D eigenvalue weighted by atomic mass is 32.2. The summed E-state index contributed by atoms with van der Waals surface area (Å²) in [6.07, 6.45) is 1.97. The fraction of sp³-hybridized carbons (Fsp3) is 0.562. The Morgan fingerprint density at radius 2 is 2.21 bits per heavy atom. The van der Waals surface area contributed by atoms with Crippen LogP contribution < -0.4 is 10.0 Å². The molecule has 1 amide bonds. The summed E-state index contributed by atoms with van der Waals surface area (Å²) in [6, 6.07) is 4.52. The second-order valence-corrected chi connectivity index (χ2v) is 7.48. The van der Waals surface area contributed by atoms with Gasteiger partial charge < -0.3 is 14.8 Å². The Kier molecular flexibility index (Phi) is 6.73. The minimum absolute atomic E-state index is 0.0388. The van der Waals surface area contributed by atoms with Crippen molar-refractivity contribution in [1.29, 1.82) is 0 Å². The molecule has 7 nitrogen and oxygen atoms in total. The number of hydrogen-bond acceptors (Lipinski definition) is 5. The third kappa shape index (κ3) is 5.01. The molecule has 134 valence electrons. The van der Waals surface area contributed by atoms with Crippen LogP contribution in [-0.2, 0) is 19.5 Å². The summed E-state index contributed by atoms with van der Waals surface area (Å²) in [5, 5.41) is 2.81. The zero-order valence-electron chi connectivity index (χ0n) is 14.0. The Hall–Kier alpha value is -1.48. The maximum atomic E-state index is 12.4. The van der Waals surface area contributed by atoms with Crippen molar-refractivity contribution in [2.45, 2.75) is 30.8 Å². The fourth-order valence-corrected chi connectivity index (χ4v) is 3.52. The number of carbonyl (C=O) groups is 1. The largest absolute Gasteiger partial charge is 0.383 e. The normalized spacial score (nSPS) is 17.8. The number of methoxy groups -OCH3 is 1. The van der Waals surface area contributed by atoms with Crippen molar-refractivity contribution in [2.24, 2.45) is 0 Å². The smallest absolute Gasteiger partial charge is 0.251 e. The SMILES string of the molecule is COCCNS(=O)(=O)c1ccc(C)c(C(=O)NCC2CCCO2)c1. The van der Waals surface area contributed by atoms with E-state index in [1.807, 2.05) is 0 Å². The Morgan fingerprint density at radius 1 is 1.42 bits per heavy atom. The number of amides is 1. The second-order valence-electron chi connectivity index (χ2n) is 5.71. The van der Waals surface area contributed by atoms with Gasteiger partial charge >= 0.3 is 0 Å². The molecule has 0 spiro atoms. The molecule has 1 unspecified atom stereocenters. The molecule has 0 bridgehead atoms. The van der Waals surface area contributed by atoms with E-state index in [2.05, 4.69) is 10.0 Å². The Bertz CT molecular complexity index is 669. The molecule has 24 heavy (non-hydrogen) atoms. The number of carbonyl (C=O) groups excluding carboxylic acids is 1. The van der Waals surface area contributed by atoms with Crippen LogP contribution >= 0.6 is 0 Å². The van der Waals surface area contributed by atoms with E-state index in [1.54, 1.807) is 13.0 Å². The molecule has 1 aromatic rings. The molecule has 1 aliphatic heterocycles. The van der Waals surface area contributed by atoms with Crippen molar-refractivity contribution < 1.29 is 22.7 Å². The van der Waals surface area contributed by atoms with E-state index < -0.39 is 10.0 Å². The molecular weight excluding hydrogens is 332 g/mol. The van der Waals surface area contributed by atoms with Crippen molar-refractivity contribution in [2.75, 3.05) is 33.4 Å². The Balaban J connectivity index is 2.08. The summed E-state index contributed by atoms with van der Waals surface area (Å²) in [4.78, 5) is 12.4. The summed E-state index contributed by atoms with van der Waals surface area (Å²) in [5.74, 6) is -0.294. The lowest BCUT2D eigenvalue weighted by molar-refractivity contribution is 0.0857. The monoisotopic (exact) mass is 356 g/mol. The minimum atomic E-state index is -3.67. The van der Waals surface area contributed by atoms with E-state index in [0.29, 0.717) is 12.1 Å². The summed E-state index contributed by atoms with van der Waals surface area (Å²) in [7, 11) is -2.17. The first kappa shape index (κ1) is 18.9. The van der Waals surface area contributed by atoms with Crippen molar-refractivity contribution in [3.8, 4) is 0 Å². The molecule has 2 rings (SSSR count). The van der Waals surface area contributed by atoms with Crippen molar-refractivity contribution in [3.05, 3.63) is 29.3 Å². The molecule has 0 aromatic heterocycles. The van der Waals surface area contributed by atoms with E-state index in [1.165, 1.54) is 19.2 Å². The van der Waals surface area contributed by atoms with Crippen molar-refractivity contribution in [3.63, 3.8) is 0 Å². The fourth-order valence-electron chi connectivity index (χ4n) is 2.48. The van der Waals surface area contributed by atoms with Crippen LogP contribution in [0.2, 0.25) is 0 Å². The van der Waals surface area contributed by atoms with Gasteiger partial charge in [0.15, 0.2) is 0 Å². The first-order valence-corrected chi connectivity index (χ1v) is 9.41. The maximum absolute atomic E-state index is 12.4. The molecule has 1 aliphatic rings. The number of sulfonamides is 1.